The number of nitrogens with zero attached hydrogens (tertiary/aromatic N) is 3. The summed E-state index contributed by atoms with van der Waals surface area (Å²) < 4.78 is 46.9. The number of para-hydroxylation sites is 2. The lowest BCUT2D eigenvalue weighted by molar-refractivity contribution is 0.173. The summed E-state index contributed by atoms with van der Waals surface area (Å²) in [4.78, 5) is 6.65. The molecule has 0 radical (unpaired) electrons. The van der Waals surface area contributed by atoms with E-state index in [-0.39, 0.29) is 24.8 Å². The van der Waals surface area contributed by atoms with E-state index in [4.69, 9.17) is 14.2 Å². The number of rotatable bonds is 13. The highest BCUT2D eigenvalue weighted by molar-refractivity contribution is 7.93. The van der Waals surface area contributed by atoms with Crippen LogP contribution in [0.5, 0.6) is 17.2 Å². The fraction of sp³-hybridized carbons (Fsp3) is 0.300. The van der Waals surface area contributed by atoms with E-state index >= 15 is 0 Å². The molecular formula is C30H33N3O6S. The lowest BCUT2D eigenvalue weighted by atomic mass is 10.1. The first-order valence-corrected chi connectivity index (χ1v) is 14.8. The standard InChI is InChI=1S/C30H33N3O6S/c1-2-14-32(16-18-37-25-10-4-3-5-11-25)21-24-19-27-28(39-22-38-27)20-26(24)33(15-17-34)40(35,36)29-12-6-8-23-9-7-13-31-30(23)29/h3-13,19-20,34H,2,14-18,21-22H2,1H3. The molecule has 9 nitrogen and oxygen atoms in total. The van der Waals surface area contributed by atoms with Crippen molar-refractivity contribution in [3.05, 3.63) is 84.6 Å². The lowest BCUT2D eigenvalue weighted by Crippen LogP contribution is -2.36. The topological polar surface area (TPSA) is 101 Å². The molecule has 0 unspecified atom stereocenters. The highest BCUT2D eigenvalue weighted by Crippen LogP contribution is 2.41. The van der Waals surface area contributed by atoms with Crippen molar-refractivity contribution in [2.45, 2.75) is 24.8 Å². The summed E-state index contributed by atoms with van der Waals surface area (Å²) in [6, 6.07) is 21.8. The molecule has 5 rings (SSSR count). The van der Waals surface area contributed by atoms with E-state index in [1.54, 1.807) is 30.5 Å². The minimum atomic E-state index is -4.11. The number of fused-ring (bicyclic) bond motifs is 2. The van der Waals surface area contributed by atoms with Gasteiger partial charge in [0, 0.05) is 30.7 Å². The van der Waals surface area contributed by atoms with Gasteiger partial charge in [-0.15, -0.1) is 0 Å². The average Bonchev–Trinajstić information content (AvgIpc) is 3.43. The number of hydrogen-bond acceptors (Lipinski definition) is 8. The van der Waals surface area contributed by atoms with Crippen molar-refractivity contribution in [3.63, 3.8) is 0 Å². The Morgan fingerprint density at radius 3 is 2.50 bits per heavy atom. The Bertz CT molecular complexity index is 1540. The van der Waals surface area contributed by atoms with E-state index in [0.717, 1.165) is 24.3 Å². The predicted molar refractivity (Wildman–Crippen MR) is 153 cm³/mol. The molecule has 0 saturated heterocycles. The number of ether oxygens (including phenoxy) is 3. The van der Waals surface area contributed by atoms with Gasteiger partial charge in [0.05, 0.1) is 24.4 Å². The van der Waals surface area contributed by atoms with Crippen molar-refractivity contribution in [3.8, 4) is 17.2 Å². The Hall–Kier alpha value is -3.86. The largest absolute Gasteiger partial charge is 0.492 e. The predicted octanol–water partition coefficient (Wildman–Crippen LogP) is 4.44. The third kappa shape index (κ3) is 5.99. The Morgan fingerprint density at radius 2 is 1.73 bits per heavy atom. The minimum absolute atomic E-state index is 0.0574. The Balaban J connectivity index is 1.50. The molecule has 210 valence electrons. The third-order valence-electron chi connectivity index (χ3n) is 6.66. The maximum absolute atomic E-state index is 14.2. The molecule has 0 aliphatic carbocycles. The average molecular weight is 564 g/mol. The van der Waals surface area contributed by atoms with Gasteiger partial charge < -0.3 is 19.3 Å². The Morgan fingerprint density at radius 1 is 0.950 bits per heavy atom. The Kier molecular flexibility index (Phi) is 8.69. The summed E-state index contributed by atoms with van der Waals surface area (Å²) in [6.45, 7) is 4.00. The molecule has 1 aliphatic rings. The van der Waals surface area contributed by atoms with Crippen molar-refractivity contribution >= 4 is 26.6 Å². The fourth-order valence-electron chi connectivity index (χ4n) is 4.83. The minimum Gasteiger partial charge on any atom is -0.492 e. The molecular weight excluding hydrogens is 530 g/mol. The van der Waals surface area contributed by atoms with Gasteiger partial charge >= 0.3 is 0 Å². The van der Waals surface area contributed by atoms with E-state index in [0.29, 0.717) is 47.8 Å². The van der Waals surface area contributed by atoms with E-state index in [1.807, 2.05) is 48.5 Å². The highest BCUT2D eigenvalue weighted by Gasteiger charge is 2.31. The summed E-state index contributed by atoms with van der Waals surface area (Å²) in [7, 11) is -4.11. The van der Waals surface area contributed by atoms with Crippen molar-refractivity contribution in [1.29, 1.82) is 0 Å². The number of benzene rings is 3. The molecule has 3 aromatic carbocycles. The van der Waals surface area contributed by atoms with Gasteiger partial charge in [0.2, 0.25) is 6.79 Å². The maximum Gasteiger partial charge on any atom is 0.266 e. The monoisotopic (exact) mass is 563 g/mol. The van der Waals surface area contributed by atoms with Gasteiger partial charge in [0.15, 0.2) is 11.5 Å². The van der Waals surface area contributed by atoms with Crippen molar-refractivity contribution in [2.75, 3.05) is 43.9 Å². The second-order valence-electron chi connectivity index (χ2n) is 9.40. The molecule has 1 N–H and O–H groups in total. The number of hydrogen-bond donors (Lipinski definition) is 1. The molecule has 1 aromatic heterocycles. The third-order valence-corrected chi connectivity index (χ3v) is 8.51. The first-order chi connectivity index (χ1) is 19.5. The molecule has 10 heteroatoms. The van der Waals surface area contributed by atoms with Gasteiger partial charge in [-0.3, -0.25) is 14.2 Å². The van der Waals surface area contributed by atoms with Crippen LogP contribution in [0.15, 0.2) is 83.9 Å². The summed E-state index contributed by atoms with van der Waals surface area (Å²) in [5.41, 5.74) is 1.54. The zero-order valence-corrected chi connectivity index (χ0v) is 23.2. The number of aromatic nitrogens is 1. The van der Waals surface area contributed by atoms with Gasteiger partial charge in [-0.2, -0.15) is 0 Å². The van der Waals surface area contributed by atoms with Crippen LogP contribution >= 0.6 is 0 Å². The summed E-state index contributed by atoms with van der Waals surface area (Å²) in [6.07, 6.45) is 2.48. The van der Waals surface area contributed by atoms with Gasteiger partial charge in [-0.1, -0.05) is 43.3 Å². The van der Waals surface area contributed by atoms with Crippen LogP contribution < -0.4 is 18.5 Å². The molecule has 0 amide bonds. The van der Waals surface area contributed by atoms with E-state index in [1.165, 1.54) is 4.31 Å². The Labute approximate surface area is 234 Å². The van der Waals surface area contributed by atoms with Crippen LogP contribution in [-0.4, -0.2) is 63.0 Å². The molecule has 4 aromatic rings. The number of sulfonamides is 1. The van der Waals surface area contributed by atoms with Gasteiger partial charge in [0.1, 0.15) is 17.3 Å². The maximum atomic E-state index is 14.2. The number of aliphatic hydroxyl groups is 1. The second kappa shape index (κ2) is 12.5. The quantitative estimate of drug-likeness (QED) is 0.255. The van der Waals surface area contributed by atoms with Crippen LogP contribution in [-0.2, 0) is 16.6 Å². The fourth-order valence-corrected chi connectivity index (χ4v) is 6.49. The van der Waals surface area contributed by atoms with Crippen molar-refractivity contribution in [2.24, 2.45) is 0 Å². The highest BCUT2D eigenvalue weighted by atomic mass is 32.2. The molecule has 0 fully saturated rings. The SMILES string of the molecule is CCCN(CCOc1ccccc1)Cc1cc2c(cc1N(CCO)S(=O)(=O)c1cccc3cccnc13)OCO2. The van der Waals surface area contributed by atoms with Gasteiger partial charge in [-0.05, 0) is 48.9 Å². The van der Waals surface area contributed by atoms with Crippen LogP contribution in [0.25, 0.3) is 10.9 Å². The van der Waals surface area contributed by atoms with Crippen LogP contribution in [0.1, 0.15) is 18.9 Å². The van der Waals surface area contributed by atoms with Crippen LogP contribution in [0.2, 0.25) is 0 Å². The van der Waals surface area contributed by atoms with Crippen molar-refractivity contribution in [1.82, 2.24) is 9.88 Å². The lowest BCUT2D eigenvalue weighted by Gasteiger charge is -2.29. The zero-order chi connectivity index (χ0) is 28.0. The number of anilines is 1. The molecule has 40 heavy (non-hydrogen) atoms. The smallest absolute Gasteiger partial charge is 0.266 e. The first kappa shape index (κ1) is 27.7. The van der Waals surface area contributed by atoms with Crippen LogP contribution in [0.3, 0.4) is 0 Å². The molecule has 0 spiro atoms. The number of aliphatic hydroxyl groups excluding tert-OH is 1. The van der Waals surface area contributed by atoms with Gasteiger partial charge in [-0.25, -0.2) is 8.42 Å². The van der Waals surface area contributed by atoms with E-state index < -0.39 is 10.0 Å². The molecule has 0 saturated carbocycles. The van der Waals surface area contributed by atoms with E-state index in [9.17, 15) is 13.5 Å². The molecule has 1 aliphatic heterocycles. The van der Waals surface area contributed by atoms with E-state index in [2.05, 4.69) is 16.8 Å². The molecule has 0 atom stereocenters. The summed E-state index contributed by atoms with van der Waals surface area (Å²) in [5, 5.41) is 10.7. The molecule has 0 bridgehead atoms. The molecule has 2 heterocycles. The second-order valence-corrected chi connectivity index (χ2v) is 11.2. The van der Waals surface area contributed by atoms with Crippen LogP contribution in [0.4, 0.5) is 5.69 Å². The normalized spacial score (nSPS) is 12.7. The first-order valence-electron chi connectivity index (χ1n) is 13.3. The summed E-state index contributed by atoms with van der Waals surface area (Å²) >= 11 is 0. The zero-order valence-electron chi connectivity index (χ0n) is 22.4. The van der Waals surface area contributed by atoms with Crippen molar-refractivity contribution < 1.29 is 27.7 Å². The van der Waals surface area contributed by atoms with Crippen LogP contribution in [0, 0.1) is 0 Å². The summed E-state index contributed by atoms with van der Waals surface area (Å²) in [5.74, 6) is 1.82. The van der Waals surface area contributed by atoms with Gasteiger partial charge in [0.25, 0.3) is 10.0 Å². The number of pyridine rings is 1.